The number of unbranched alkanes of at least 4 members (excludes halogenated alkanes) is 28. The lowest BCUT2D eigenvalue weighted by molar-refractivity contribution is -0.151. The van der Waals surface area contributed by atoms with Gasteiger partial charge in [-0.15, -0.1) is 0 Å². The molecular weight excluding hydrogens is 911 g/mol. The van der Waals surface area contributed by atoms with Crippen molar-refractivity contribution in [3.63, 3.8) is 0 Å². The minimum Gasteiger partial charge on any atom is -0.462 e. The molecule has 0 aromatic rings. The predicted molar refractivity (Wildman–Crippen MR) is 312 cm³/mol. The number of carbonyl (C=O) groups is 2. The monoisotopic (exact) mass is 1040 g/mol. The van der Waals surface area contributed by atoms with Gasteiger partial charge < -0.3 is 34.6 Å². The summed E-state index contributed by atoms with van der Waals surface area (Å²) in [6.45, 7) is 16.5. The number of nitrogens with zero attached hydrogens (tertiary/aromatic N) is 3. The standard InChI is InChI=1S/C62H125N5O6/c1-7-11-15-19-25-33-41-59(42-34-26-20-16-12-8-2)72-61(68)45-37-29-23-31-39-48-65(50-47-58(63)57-67(64)52-51-66(53-55-70-5)54-56-71-6)49-40-32-24-30-38-46-62(69)73-60(43-35-27-21-17-13-9-3)44-36-28-22-18-14-10-4/h57,59-60H,7-56,63-64H2,1-6H3/b58-57-. The van der Waals surface area contributed by atoms with Crippen LogP contribution in [0.1, 0.15) is 291 Å². The molecule has 0 atom stereocenters. The fourth-order valence-electron chi connectivity index (χ4n) is 9.89. The zero-order chi connectivity index (χ0) is 53.5. The van der Waals surface area contributed by atoms with E-state index in [1.165, 1.54) is 154 Å². The topological polar surface area (TPSA) is 133 Å². The maximum Gasteiger partial charge on any atom is 0.306 e. The summed E-state index contributed by atoms with van der Waals surface area (Å²) in [7, 11) is 3.46. The van der Waals surface area contributed by atoms with E-state index in [1.54, 1.807) is 19.2 Å². The summed E-state index contributed by atoms with van der Waals surface area (Å²) in [5.74, 6) is 6.43. The normalized spacial score (nSPS) is 12.1. The van der Waals surface area contributed by atoms with Crippen molar-refractivity contribution in [3.05, 3.63) is 11.9 Å². The molecule has 4 N–H and O–H groups in total. The van der Waals surface area contributed by atoms with Crippen molar-refractivity contribution in [2.24, 2.45) is 11.6 Å². The summed E-state index contributed by atoms with van der Waals surface area (Å²) in [4.78, 5) is 30.9. The maximum atomic E-state index is 13.0. The molecule has 0 saturated carbocycles. The molecule has 0 aromatic carbocycles. The van der Waals surface area contributed by atoms with Crippen LogP contribution in [0, 0.1) is 0 Å². The molecule has 434 valence electrons. The fourth-order valence-corrected chi connectivity index (χ4v) is 9.89. The number of carbonyl (C=O) groups excluding carboxylic acids is 2. The number of hydrazine groups is 1. The summed E-state index contributed by atoms with van der Waals surface area (Å²) >= 11 is 0. The SMILES string of the molecule is CCCCCCCCC(CCCCCCCC)OC(=O)CCCCCCCN(CCCCCCCC(=O)OC(CCCCCCCC)CCCCCCCC)CC/C(N)=C/N(N)CCN(CCOC)CCOC. The molecule has 0 saturated heterocycles. The van der Waals surface area contributed by atoms with Crippen molar-refractivity contribution < 1.29 is 28.5 Å². The van der Waals surface area contributed by atoms with Gasteiger partial charge in [-0.05, 0) is 90.1 Å². The van der Waals surface area contributed by atoms with Crippen LogP contribution >= 0.6 is 0 Å². The summed E-state index contributed by atoms with van der Waals surface area (Å²) < 4.78 is 22.9. The van der Waals surface area contributed by atoms with Crippen molar-refractivity contribution in [2.75, 3.05) is 73.2 Å². The van der Waals surface area contributed by atoms with Crippen LogP contribution in [0.5, 0.6) is 0 Å². The molecule has 11 nitrogen and oxygen atoms in total. The van der Waals surface area contributed by atoms with E-state index in [0.29, 0.717) is 32.6 Å². The van der Waals surface area contributed by atoms with Gasteiger partial charge in [0.2, 0.25) is 0 Å². The van der Waals surface area contributed by atoms with Crippen LogP contribution in [0.2, 0.25) is 0 Å². The first-order valence-electron chi connectivity index (χ1n) is 31.5. The molecule has 0 fully saturated rings. The Morgan fingerprint density at radius 1 is 0.384 bits per heavy atom. The molecule has 11 heteroatoms. The Kier molecular flexibility index (Phi) is 54.8. The van der Waals surface area contributed by atoms with Gasteiger partial charge >= 0.3 is 11.9 Å². The van der Waals surface area contributed by atoms with Crippen molar-refractivity contribution >= 4 is 11.9 Å². The number of methoxy groups -OCH3 is 2. The Hall–Kier alpha value is -1.92. The van der Waals surface area contributed by atoms with Gasteiger partial charge in [0.05, 0.1) is 13.2 Å². The largest absolute Gasteiger partial charge is 0.462 e. The molecule has 0 spiro atoms. The third kappa shape index (κ3) is 50.7. The third-order valence-corrected chi connectivity index (χ3v) is 14.8. The van der Waals surface area contributed by atoms with Gasteiger partial charge in [-0.1, -0.05) is 195 Å². The molecule has 0 amide bonds. The van der Waals surface area contributed by atoms with Gasteiger partial charge in [-0.25, -0.2) is 5.84 Å². The second-order valence-electron chi connectivity index (χ2n) is 21.8. The van der Waals surface area contributed by atoms with Crippen LogP contribution in [0.25, 0.3) is 0 Å². The van der Waals surface area contributed by atoms with Crippen molar-refractivity contribution in [2.45, 2.75) is 303 Å². The van der Waals surface area contributed by atoms with Gasteiger partial charge in [0, 0.05) is 78.1 Å². The van der Waals surface area contributed by atoms with E-state index < -0.39 is 0 Å². The summed E-state index contributed by atoms with van der Waals surface area (Å²) in [5, 5.41) is 1.72. The Balaban J connectivity index is 5.08. The molecule has 0 aliphatic heterocycles. The number of hydrogen-bond donors (Lipinski definition) is 2. The number of ether oxygens (including phenoxy) is 4. The predicted octanol–water partition coefficient (Wildman–Crippen LogP) is 15.8. The zero-order valence-electron chi connectivity index (χ0n) is 49.5. The molecule has 0 aliphatic rings. The minimum atomic E-state index is 0.00974. The molecular formula is C62H125N5O6. The summed E-state index contributed by atoms with van der Waals surface area (Å²) in [5.41, 5.74) is 7.39. The van der Waals surface area contributed by atoms with Crippen LogP contribution in [0.4, 0.5) is 0 Å². The van der Waals surface area contributed by atoms with Crippen molar-refractivity contribution in [3.8, 4) is 0 Å². The second kappa shape index (κ2) is 56.3. The maximum absolute atomic E-state index is 13.0. The first-order valence-corrected chi connectivity index (χ1v) is 31.5. The Labute approximate surface area is 453 Å². The van der Waals surface area contributed by atoms with E-state index in [1.807, 2.05) is 6.20 Å². The van der Waals surface area contributed by atoms with Crippen LogP contribution in [-0.2, 0) is 28.5 Å². The molecule has 0 heterocycles. The van der Waals surface area contributed by atoms with Crippen LogP contribution in [-0.4, -0.2) is 112 Å². The second-order valence-corrected chi connectivity index (χ2v) is 21.8. The smallest absolute Gasteiger partial charge is 0.306 e. The quantitative estimate of drug-likeness (QED) is 0.0261. The Morgan fingerprint density at radius 3 is 1.05 bits per heavy atom. The highest BCUT2D eigenvalue weighted by Gasteiger charge is 2.16. The average Bonchev–Trinajstić information content (AvgIpc) is 3.38. The molecule has 0 aromatic heterocycles. The van der Waals surface area contributed by atoms with Crippen molar-refractivity contribution in [1.82, 2.24) is 14.8 Å². The summed E-state index contributed by atoms with van der Waals surface area (Å²) in [6, 6.07) is 0. The van der Waals surface area contributed by atoms with E-state index in [-0.39, 0.29) is 24.1 Å². The highest BCUT2D eigenvalue weighted by Crippen LogP contribution is 2.21. The molecule has 0 bridgehead atoms. The van der Waals surface area contributed by atoms with Gasteiger partial charge in [0.15, 0.2) is 0 Å². The van der Waals surface area contributed by atoms with Crippen LogP contribution in [0.3, 0.4) is 0 Å². The number of rotatable bonds is 59. The Bertz CT molecular complexity index is 1090. The lowest BCUT2D eigenvalue weighted by Gasteiger charge is -2.25. The number of nitrogens with two attached hydrogens (primary N) is 2. The van der Waals surface area contributed by atoms with Crippen LogP contribution < -0.4 is 11.6 Å². The van der Waals surface area contributed by atoms with Gasteiger partial charge in [0.25, 0.3) is 0 Å². The first-order chi connectivity index (χ1) is 35.7. The first kappa shape index (κ1) is 71.1. The molecule has 0 aliphatic carbocycles. The Morgan fingerprint density at radius 2 is 0.699 bits per heavy atom. The van der Waals surface area contributed by atoms with Gasteiger partial charge in [-0.3, -0.25) is 14.5 Å². The average molecular weight is 1040 g/mol. The lowest BCUT2D eigenvalue weighted by Crippen LogP contribution is -2.39. The van der Waals surface area contributed by atoms with E-state index in [9.17, 15) is 9.59 Å². The van der Waals surface area contributed by atoms with E-state index in [4.69, 9.17) is 30.5 Å². The number of hydrogen-bond acceptors (Lipinski definition) is 11. The molecule has 0 rings (SSSR count). The van der Waals surface area contributed by atoms with Crippen molar-refractivity contribution in [1.29, 1.82) is 0 Å². The van der Waals surface area contributed by atoms with Gasteiger partial charge in [-0.2, -0.15) is 0 Å². The molecule has 73 heavy (non-hydrogen) atoms. The summed E-state index contributed by atoms with van der Waals surface area (Å²) in [6.07, 6.45) is 49.4. The van der Waals surface area contributed by atoms with Gasteiger partial charge in [0.1, 0.15) is 12.2 Å². The zero-order valence-corrected chi connectivity index (χ0v) is 49.5. The number of esters is 2. The fraction of sp³-hybridized carbons (Fsp3) is 0.935. The minimum absolute atomic E-state index is 0.00974. The molecule has 0 radical (unpaired) electrons. The molecule has 0 unspecified atom stereocenters. The highest BCUT2D eigenvalue weighted by molar-refractivity contribution is 5.69. The van der Waals surface area contributed by atoms with E-state index in [0.717, 1.165) is 141 Å². The third-order valence-electron chi connectivity index (χ3n) is 14.8. The lowest BCUT2D eigenvalue weighted by atomic mass is 10.0. The van der Waals surface area contributed by atoms with E-state index in [2.05, 4.69) is 37.5 Å². The highest BCUT2D eigenvalue weighted by atomic mass is 16.5. The van der Waals surface area contributed by atoms with E-state index >= 15 is 0 Å². The van der Waals surface area contributed by atoms with Crippen LogP contribution in [0.15, 0.2) is 11.9 Å².